The first kappa shape index (κ1) is 22.2. The minimum atomic E-state index is -0.0940. The van der Waals surface area contributed by atoms with Gasteiger partial charge in [0.1, 0.15) is 5.82 Å². The molecule has 8 heteroatoms. The summed E-state index contributed by atoms with van der Waals surface area (Å²) in [6.45, 7) is 5.51. The quantitative estimate of drug-likeness (QED) is 0.683. The standard InChI is InChI=1S/C24H31N5O3/c1-2-3-10-28(17-20-6-4-5-9-25-20)24(31)19-13-21-23(26-14-19)27-15-22(30)29(21)16-18-7-11-32-12-8-18/h4-6,9,13-14,18H,2-3,7-8,10-12,15-17H2,1H3,(H,26,27). The van der Waals surface area contributed by atoms with Crippen molar-refractivity contribution in [1.82, 2.24) is 14.9 Å². The van der Waals surface area contributed by atoms with Crippen LogP contribution in [0.25, 0.3) is 0 Å². The van der Waals surface area contributed by atoms with Crippen molar-refractivity contribution in [3.8, 4) is 0 Å². The smallest absolute Gasteiger partial charge is 0.255 e. The maximum absolute atomic E-state index is 13.4. The lowest BCUT2D eigenvalue weighted by molar-refractivity contribution is -0.117. The van der Waals surface area contributed by atoms with Crippen molar-refractivity contribution in [3.05, 3.63) is 47.9 Å². The normalized spacial score (nSPS) is 16.4. The Balaban J connectivity index is 1.57. The van der Waals surface area contributed by atoms with Crippen molar-refractivity contribution in [2.45, 2.75) is 39.2 Å². The number of carbonyl (C=O) groups excluding carboxylic acids is 2. The first-order valence-corrected chi connectivity index (χ1v) is 11.5. The van der Waals surface area contributed by atoms with Gasteiger partial charge in [-0.05, 0) is 43.4 Å². The number of nitrogens with one attached hydrogen (secondary N) is 1. The molecular weight excluding hydrogens is 406 g/mol. The monoisotopic (exact) mass is 437 g/mol. The van der Waals surface area contributed by atoms with E-state index in [1.807, 2.05) is 29.2 Å². The van der Waals surface area contributed by atoms with Gasteiger partial charge < -0.3 is 19.9 Å². The minimum absolute atomic E-state index is 0.00622. The number of nitrogens with zero attached hydrogens (tertiary/aromatic N) is 4. The highest BCUT2D eigenvalue weighted by Gasteiger charge is 2.29. The third-order valence-electron chi connectivity index (χ3n) is 6.04. The summed E-state index contributed by atoms with van der Waals surface area (Å²) < 4.78 is 5.46. The Kier molecular flexibility index (Phi) is 7.32. The number of hydrogen-bond acceptors (Lipinski definition) is 6. The molecule has 170 valence electrons. The van der Waals surface area contributed by atoms with Crippen LogP contribution in [0, 0.1) is 5.92 Å². The van der Waals surface area contributed by atoms with Crippen LogP contribution in [0.5, 0.6) is 0 Å². The lowest BCUT2D eigenvalue weighted by Gasteiger charge is -2.34. The predicted octanol–water partition coefficient (Wildman–Crippen LogP) is 3.10. The van der Waals surface area contributed by atoms with Crippen molar-refractivity contribution in [3.63, 3.8) is 0 Å². The van der Waals surface area contributed by atoms with E-state index in [1.165, 1.54) is 0 Å². The number of fused-ring (bicyclic) bond motifs is 1. The number of pyridine rings is 2. The fourth-order valence-electron chi connectivity index (χ4n) is 4.16. The summed E-state index contributed by atoms with van der Waals surface area (Å²) in [5.41, 5.74) is 2.02. The molecule has 0 radical (unpaired) electrons. The van der Waals surface area contributed by atoms with E-state index in [4.69, 9.17) is 4.74 Å². The van der Waals surface area contributed by atoms with Crippen molar-refractivity contribution in [2.75, 3.05) is 43.1 Å². The average molecular weight is 438 g/mol. The summed E-state index contributed by atoms with van der Waals surface area (Å²) in [5, 5.41) is 3.09. The molecular formula is C24H31N5O3. The van der Waals surface area contributed by atoms with E-state index in [-0.39, 0.29) is 18.4 Å². The highest BCUT2D eigenvalue weighted by Crippen LogP contribution is 2.31. The molecule has 2 aromatic rings. The molecule has 0 spiro atoms. The fourth-order valence-corrected chi connectivity index (χ4v) is 4.16. The molecule has 2 aliphatic rings. The average Bonchev–Trinajstić information content (AvgIpc) is 2.84. The van der Waals surface area contributed by atoms with Crippen molar-refractivity contribution in [1.29, 1.82) is 0 Å². The number of ether oxygens (including phenoxy) is 1. The van der Waals surface area contributed by atoms with Crippen LogP contribution in [-0.4, -0.2) is 59.5 Å². The largest absolute Gasteiger partial charge is 0.381 e. The van der Waals surface area contributed by atoms with Gasteiger partial charge in [-0.3, -0.25) is 14.6 Å². The molecule has 0 atom stereocenters. The lowest BCUT2D eigenvalue weighted by atomic mass is 9.99. The van der Waals surface area contributed by atoms with Crippen LogP contribution in [0.3, 0.4) is 0 Å². The molecule has 32 heavy (non-hydrogen) atoms. The molecule has 0 aromatic carbocycles. The molecule has 0 bridgehead atoms. The third kappa shape index (κ3) is 5.24. The summed E-state index contributed by atoms with van der Waals surface area (Å²) in [7, 11) is 0. The van der Waals surface area contributed by atoms with E-state index >= 15 is 0 Å². The molecule has 2 aromatic heterocycles. The van der Waals surface area contributed by atoms with Gasteiger partial charge in [-0.25, -0.2) is 4.98 Å². The second-order valence-electron chi connectivity index (χ2n) is 8.41. The van der Waals surface area contributed by atoms with Crippen molar-refractivity contribution in [2.24, 2.45) is 5.92 Å². The van der Waals surface area contributed by atoms with Gasteiger partial charge in [-0.2, -0.15) is 0 Å². The van der Waals surface area contributed by atoms with E-state index < -0.39 is 0 Å². The Labute approximate surface area is 189 Å². The summed E-state index contributed by atoms with van der Waals surface area (Å²) >= 11 is 0. The number of unbranched alkanes of at least 4 members (excludes halogenated alkanes) is 1. The Morgan fingerprint density at radius 2 is 2.12 bits per heavy atom. The summed E-state index contributed by atoms with van der Waals surface area (Å²) in [6, 6.07) is 7.53. The zero-order valence-electron chi connectivity index (χ0n) is 18.6. The van der Waals surface area contributed by atoms with Gasteiger partial charge in [0.2, 0.25) is 5.91 Å². The first-order valence-electron chi connectivity index (χ1n) is 11.5. The van der Waals surface area contributed by atoms with Gasteiger partial charge in [0.05, 0.1) is 30.0 Å². The molecule has 4 heterocycles. The van der Waals surface area contributed by atoms with Gasteiger partial charge in [0.15, 0.2) is 0 Å². The van der Waals surface area contributed by atoms with Gasteiger partial charge in [0, 0.05) is 38.7 Å². The number of anilines is 2. The van der Waals surface area contributed by atoms with Crippen LogP contribution in [-0.2, 0) is 16.1 Å². The Bertz CT molecular complexity index is 930. The zero-order valence-corrected chi connectivity index (χ0v) is 18.6. The number of rotatable bonds is 8. The van der Waals surface area contributed by atoms with E-state index in [9.17, 15) is 9.59 Å². The minimum Gasteiger partial charge on any atom is -0.381 e. The van der Waals surface area contributed by atoms with Crippen LogP contribution >= 0.6 is 0 Å². The Morgan fingerprint density at radius 3 is 2.88 bits per heavy atom. The highest BCUT2D eigenvalue weighted by molar-refractivity contribution is 6.04. The van der Waals surface area contributed by atoms with Crippen LogP contribution in [0.2, 0.25) is 0 Å². The number of aromatic nitrogens is 2. The zero-order chi connectivity index (χ0) is 22.3. The Hall–Kier alpha value is -3.00. The molecule has 0 aliphatic carbocycles. The van der Waals surface area contributed by atoms with Crippen LogP contribution < -0.4 is 10.2 Å². The lowest BCUT2D eigenvalue weighted by Crippen LogP contribution is -2.44. The molecule has 8 nitrogen and oxygen atoms in total. The van der Waals surface area contributed by atoms with E-state index in [2.05, 4.69) is 22.2 Å². The summed E-state index contributed by atoms with van der Waals surface area (Å²) in [5.74, 6) is 0.955. The molecule has 2 amide bonds. The van der Waals surface area contributed by atoms with E-state index in [1.54, 1.807) is 17.3 Å². The van der Waals surface area contributed by atoms with Crippen LogP contribution in [0.4, 0.5) is 11.5 Å². The second kappa shape index (κ2) is 10.5. The number of hydrogen-bond donors (Lipinski definition) is 1. The molecule has 1 saturated heterocycles. The maximum Gasteiger partial charge on any atom is 0.255 e. The maximum atomic E-state index is 13.4. The SMILES string of the molecule is CCCCN(Cc1ccccn1)C(=O)c1cnc2c(c1)N(CC1CCOCC1)C(=O)CN2. The van der Waals surface area contributed by atoms with E-state index in [0.29, 0.717) is 42.6 Å². The molecule has 0 unspecified atom stereocenters. The van der Waals surface area contributed by atoms with Crippen molar-refractivity contribution < 1.29 is 14.3 Å². The van der Waals surface area contributed by atoms with Gasteiger partial charge in [-0.1, -0.05) is 19.4 Å². The second-order valence-corrected chi connectivity index (χ2v) is 8.41. The third-order valence-corrected chi connectivity index (χ3v) is 6.04. The molecule has 1 N–H and O–H groups in total. The number of amides is 2. The fraction of sp³-hybridized carbons (Fsp3) is 0.500. The van der Waals surface area contributed by atoms with Gasteiger partial charge >= 0.3 is 0 Å². The van der Waals surface area contributed by atoms with E-state index in [0.717, 1.165) is 44.6 Å². The predicted molar refractivity (Wildman–Crippen MR) is 123 cm³/mol. The molecule has 4 rings (SSSR count). The van der Waals surface area contributed by atoms with Gasteiger partial charge in [0.25, 0.3) is 5.91 Å². The summed E-state index contributed by atoms with van der Waals surface area (Å²) in [4.78, 5) is 38.6. The van der Waals surface area contributed by atoms with Crippen LogP contribution in [0.1, 0.15) is 48.7 Å². The highest BCUT2D eigenvalue weighted by atomic mass is 16.5. The summed E-state index contributed by atoms with van der Waals surface area (Å²) in [6.07, 6.45) is 7.12. The van der Waals surface area contributed by atoms with Crippen molar-refractivity contribution >= 4 is 23.3 Å². The topological polar surface area (TPSA) is 87.7 Å². The number of carbonyl (C=O) groups is 2. The van der Waals surface area contributed by atoms with Crippen LogP contribution in [0.15, 0.2) is 36.7 Å². The molecule has 2 aliphatic heterocycles. The molecule has 0 saturated carbocycles. The first-order chi connectivity index (χ1) is 15.7. The van der Waals surface area contributed by atoms with Gasteiger partial charge in [-0.15, -0.1) is 0 Å². The molecule has 1 fully saturated rings. The Morgan fingerprint density at radius 1 is 1.28 bits per heavy atom.